The van der Waals surface area contributed by atoms with Gasteiger partial charge in [0.05, 0.1) is 0 Å². The fraction of sp³-hybridized carbons (Fsp3) is 0.586. The third kappa shape index (κ3) is 6.61. The van der Waals surface area contributed by atoms with Crippen LogP contribution in [0.1, 0.15) is 90.0 Å². The molecule has 3 rings (SSSR count). The summed E-state index contributed by atoms with van der Waals surface area (Å²) in [5.41, 5.74) is 0.743. The quantitative estimate of drug-likeness (QED) is 0.205. The van der Waals surface area contributed by atoms with Gasteiger partial charge in [0.2, 0.25) is 0 Å². The fourth-order valence-electron chi connectivity index (χ4n) is 5.91. The summed E-state index contributed by atoms with van der Waals surface area (Å²) in [5, 5.41) is 0. The van der Waals surface area contributed by atoms with Crippen molar-refractivity contribution in [1.82, 2.24) is 0 Å². The van der Waals surface area contributed by atoms with Gasteiger partial charge in [-0.05, 0) is 98.5 Å². The Kier molecular flexibility index (Phi) is 9.40. The van der Waals surface area contributed by atoms with E-state index in [1.807, 2.05) is 0 Å². The molecule has 182 valence electrons. The zero-order valence-electron chi connectivity index (χ0n) is 20.1. The van der Waals surface area contributed by atoms with Crippen LogP contribution in [0.2, 0.25) is 0 Å². The molecule has 0 spiro atoms. The molecule has 2 aliphatic rings. The van der Waals surface area contributed by atoms with E-state index < -0.39 is 23.3 Å². The summed E-state index contributed by atoms with van der Waals surface area (Å²) in [7, 11) is 0. The summed E-state index contributed by atoms with van der Waals surface area (Å²) >= 11 is 0. The molecule has 0 radical (unpaired) electrons. The van der Waals surface area contributed by atoms with Gasteiger partial charge in [-0.2, -0.15) is 0 Å². The molecule has 4 heteroatoms. The van der Waals surface area contributed by atoms with E-state index in [0.29, 0.717) is 0 Å². The molecule has 33 heavy (non-hydrogen) atoms. The first-order chi connectivity index (χ1) is 15.8. The second-order valence-corrected chi connectivity index (χ2v) is 10.1. The summed E-state index contributed by atoms with van der Waals surface area (Å²) in [6, 6.07) is 1.65. The molecular formula is C29H38F4. The molecule has 1 aromatic carbocycles. The number of allylic oxidation sites excluding steroid dienone is 5. The highest BCUT2D eigenvalue weighted by atomic mass is 19.2. The maximum Gasteiger partial charge on any atom is 0.194 e. The molecule has 1 aromatic rings. The minimum Gasteiger partial charge on any atom is -0.206 e. The number of halogens is 4. The zero-order chi connectivity index (χ0) is 24.0. The van der Waals surface area contributed by atoms with Crippen LogP contribution in [0, 0.1) is 41.1 Å². The maximum absolute atomic E-state index is 15.0. The lowest BCUT2D eigenvalue weighted by Gasteiger charge is -2.38. The highest BCUT2D eigenvalue weighted by Gasteiger charge is 2.31. The van der Waals surface area contributed by atoms with E-state index >= 15 is 4.39 Å². The molecule has 0 heterocycles. The van der Waals surface area contributed by atoms with Crippen LogP contribution in [0.25, 0.3) is 5.57 Å². The van der Waals surface area contributed by atoms with Crippen LogP contribution >= 0.6 is 0 Å². The Morgan fingerprint density at radius 1 is 0.939 bits per heavy atom. The van der Waals surface area contributed by atoms with E-state index in [2.05, 4.69) is 13.5 Å². The SMILES string of the molecule is C=C(/C=C(F)\C(=C/C)c1cc(F)c(F)c(F)c1)C1CCC(C2CCC(CCCC)CC2)CC1. The highest BCUT2D eigenvalue weighted by molar-refractivity contribution is 5.77. The van der Waals surface area contributed by atoms with Crippen molar-refractivity contribution in [3.05, 3.63) is 65.3 Å². The molecular weight excluding hydrogens is 424 g/mol. The Morgan fingerprint density at radius 3 is 2.00 bits per heavy atom. The number of unbranched alkanes of at least 4 members (excludes halogenated alkanes) is 1. The number of hydrogen-bond donors (Lipinski definition) is 0. The van der Waals surface area contributed by atoms with Crippen LogP contribution in [0.5, 0.6) is 0 Å². The molecule has 0 unspecified atom stereocenters. The summed E-state index contributed by atoms with van der Waals surface area (Å²) in [5.74, 6) is -2.03. The van der Waals surface area contributed by atoms with Gasteiger partial charge in [0, 0.05) is 5.57 Å². The van der Waals surface area contributed by atoms with E-state index in [1.165, 1.54) is 57.1 Å². The van der Waals surface area contributed by atoms with Crippen LogP contribution in [-0.4, -0.2) is 0 Å². The molecule has 0 aliphatic heterocycles. The average Bonchev–Trinajstić information content (AvgIpc) is 2.82. The van der Waals surface area contributed by atoms with Crippen molar-refractivity contribution < 1.29 is 17.6 Å². The zero-order valence-corrected chi connectivity index (χ0v) is 20.1. The lowest BCUT2D eigenvalue weighted by Crippen LogP contribution is -2.26. The van der Waals surface area contributed by atoms with Crippen molar-refractivity contribution in [2.24, 2.45) is 23.7 Å². The van der Waals surface area contributed by atoms with Crippen LogP contribution in [0.15, 0.2) is 42.3 Å². The predicted octanol–water partition coefficient (Wildman–Crippen LogP) is 9.72. The monoisotopic (exact) mass is 462 g/mol. The van der Waals surface area contributed by atoms with Crippen molar-refractivity contribution >= 4 is 5.57 Å². The third-order valence-electron chi connectivity index (χ3n) is 7.97. The van der Waals surface area contributed by atoms with Gasteiger partial charge in [-0.25, -0.2) is 17.6 Å². The highest BCUT2D eigenvalue weighted by Crippen LogP contribution is 2.44. The Labute approximate surface area is 196 Å². The van der Waals surface area contributed by atoms with Gasteiger partial charge in [-0.1, -0.05) is 51.7 Å². The average molecular weight is 463 g/mol. The van der Waals surface area contributed by atoms with Gasteiger partial charge in [-0.3, -0.25) is 0 Å². The van der Waals surface area contributed by atoms with Gasteiger partial charge >= 0.3 is 0 Å². The Bertz CT molecular complexity index is 843. The van der Waals surface area contributed by atoms with E-state index in [1.54, 1.807) is 6.92 Å². The molecule has 0 saturated heterocycles. The molecule has 0 atom stereocenters. The van der Waals surface area contributed by atoms with Gasteiger partial charge in [0.1, 0.15) is 5.83 Å². The largest absolute Gasteiger partial charge is 0.206 e. The summed E-state index contributed by atoms with van der Waals surface area (Å²) < 4.78 is 55.5. The van der Waals surface area contributed by atoms with Crippen molar-refractivity contribution in [1.29, 1.82) is 0 Å². The van der Waals surface area contributed by atoms with Crippen molar-refractivity contribution in [2.45, 2.75) is 84.5 Å². The molecule has 0 N–H and O–H groups in total. The first-order valence-electron chi connectivity index (χ1n) is 12.7. The first-order valence-corrected chi connectivity index (χ1v) is 12.7. The molecule has 2 aliphatic carbocycles. The second kappa shape index (κ2) is 12.0. The molecule has 0 amide bonds. The summed E-state index contributed by atoms with van der Waals surface area (Å²) in [6.07, 6.45) is 16.7. The molecule has 0 aromatic heterocycles. The fourth-order valence-corrected chi connectivity index (χ4v) is 5.91. The van der Waals surface area contributed by atoms with E-state index in [4.69, 9.17) is 0 Å². The second-order valence-electron chi connectivity index (χ2n) is 10.1. The van der Waals surface area contributed by atoms with Crippen LogP contribution in [0.3, 0.4) is 0 Å². The van der Waals surface area contributed by atoms with Crippen molar-refractivity contribution in [3.8, 4) is 0 Å². The summed E-state index contributed by atoms with van der Waals surface area (Å²) in [6.45, 7) is 7.96. The van der Waals surface area contributed by atoms with Gasteiger partial charge in [-0.15, -0.1) is 0 Å². The third-order valence-corrected chi connectivity index (χ3v) is 7.97. The minimum atomic E-state index is -1.55. The standard InChI is InChI=1S/C29H38F4/c1-4-6-7-20-8-10-22(11-9-20)23-14-12-21(13-15-23)19(3)16-26(30)25(5-2)24-17-27(31)29(33)28(32)18-24/h5,16-18,20-23H,3-4,6-15H2,1-2H3/b25-5-,26-16+. The molecule has 2 saturated carbocycles. The van der Waals surface area contributed by atoms with Crippen molar-refractivity contribution in [2.75, 3.05) is 0 Å². The number of hydrogen-bond acceptors (Lipinski definition) is 0. The van der Waals surface area contributed by atoms with Crippen LogP contribution in [0.4, 0.5) is 17.6 Å². The van der Waals surface area contributed by atoms with Crippen LogP contribution in [-0.2, 0) is 0 Å². The normalized spacial score (nSPS) is 27.0. The molecule has 0 nitrogen and oxygen atoms in total. The lowest BCUT2D eigenvalue weighted by atomic mass is 9.68. The smallest absolute Gasteiger partial charge is 0.194 e. The topological polar surface area (TPSA) is 0 Å². The van der Waals surface area contributed by atoms with E-state index in [-0.39, 0.29) is 17.1 Å². The van der Waals surface area contributed by atoms with Crippen molar-refractivity contribution in [3.63, 3.8) is 0 Å². The molecule has 2 fully saturated rings. The van der Waals surface area contributed by atoms with Gasteiger partial charge in [0.15, 0.2) is 17.5 Å². The Balaban J connectivity index is 1.55. The lowest BCUT2D eigenvalue weighted by molar-refractivity contribution is 0.150. The van der Waals surface area contributed by atoms with E-state index in [0.717, 1.165) is 61.1 Å². The Hall–Kier alpha value is -1.84. The number of benzene rings is 1. The first kappa shape index (κ1) is 25.8. The summed E-state index contributed by atoms with van der Waals surface area (Å²) in [4.78, 5) is 0. The Morgan fingerprint density at radius 2 is 1.48 bits per heavy atom. The van der Waals surface area contributed by atoms with E-state index in [9.17, 15) is 13.2 Å². The minimum absolute atomic E-state index is 0.0197. The predicted molar refractivity (Wildman–Crippen MR) is 129 cm³/mol. The maximum atomic E-state index is 15.0. The van der Waals surface area contributed by atoms with Gasteiger partial charge < -0.3 is 0 Å². The molecule has 0 bridgehead atoms. The van der Waals surface area contributed by atoms with Gasteiger partial charge in [0.25, 0.3) is 0 Å². The number of rotatable bonds is 8. The van der Waals surface area contributed by atoms with Crippen LogP contribution < -0.4 is 0 Å².